The summed E-state index contributed by atoms with van der Waals surface area (Å²) in [6.07, 6.45) is -3.95. The molecule has 14 heteroatoms. The van der Waals surface area contributed by atoms with Crippen LogP contribution in [0.25, 0.3) is 11.2 Å². The van der Waals surface area contributed by atoms with Crippen LogP contribution in [-0.2, 0) is 13.8 Å². The predicted molar refractivity (Wildman–Crippen MR) is 87.8 cm³/mol. The SMILES string of the molecule is CCSc1nc2c(N)ncnc2n1C1O[C@H](COP(=O)([O-])O)[C@@H](O)[C@H]1O. The van der Waals surface area contributed by atoms with E-state index in [4.69, 9.17) is 15.4 Å². The second-order valence-corrected chi connectivity index (χ2v) is 7.87. The lowest BCUT2D eigenvalue weighted by Gasteiger charge is -2.20. The molecule has 5 atom stereocenters. The molecular formula is C12H17N5O7PS-. The predicted octanol–water partition coefficient (Wildman–Crippen LogP) is -1.38. The molecule has 3 heterocycles. The Morgan fingerprint density at radius 3 is 2.85 bits per heavy atom. The number of hydrogen-bond acceptors (Lipinski definition) is 11. The van der Waals surface area contributed by atoms with Crippen molar-refractivity contribution in [3.63, 3.8) is 0 Å². The molecule has 1 aliphatic rings. The van der Waals surface area contributed by atoms with Crippen LogP contribution in [0.4, 0.5) is 5.82 Å². The van der Waals surface area contributed by atoms with Crippen molar-refractivity contribution in [3.05, 3.63) is 6.33 Å². The summed E-state index contributed by atoms with van der Waals surface area (Å²) >= 11 is 1.34. The maximum atomic E-state index is 10.7. The van der Waals surface area contributed by atoms with Crippen molar-refractivity contribution in [2.24, 2.45) is 0 Å². The zero-order valence-electron chi connectivity index (χ0n) is 13.5. The molecule has 1 aliphatic heterocycles. The van der Waals surface area contributed by atoms with Crippen LogP contribution >= 0.6 is 19.6 Å². The summed E-state index contributed by atoms with van der Waals surface area (Å²) in [7, 11) is -4.99. The number of nitrogen functional groups attached to an aromatic ring is 1. The first-order valence-electron chi connectivity index (χ1n) is 7.54. The molecule has 0 amide bonds. The van der Waals surface area contributed by atoms with Gasteiger partial charge in [0.25, 0.3) is 7.82 Å². The van der Waals surface area contributed by atoms with Crippen molar-refractivity contribution in [2.75, 3.05) is 18.1 Å². The van der Waals surface area contributed by atoms with E-state index >= 15 is 0 Å². The van der Waals surface area contributed by atoms with E-state index in [2.05, 4.69) is 19.5 Å². The minimum absolute atomic E-state index is 0.146. The molecule has 1 fully saturated rings. The number of ether oxygens (including phenoxy) is 1. The van der Waals surface area contributed by atoms with Crippen LogP contribution in [0.2, 0.25) is 0 Å². The maximum absolute atomic E-state index is 10.7. The molecule has 0 bridgehead atoms. The minimum Gasteiger partial charge on any atom is -0.756 e. The van der Waals surface area contributed by atoms with Crippen molar-refractivity contribution in [1.82, 2.24) is 19.5 Å². The molecule has 1 saturated heterocycles. The van der Waals surface area contributed by atoms with Crippen molar-refractivity contribution in [1.29, 1.82) is 0 Å². The highest BCUT2D eigenvalue weighted by molar-refractivity contribution is 7.99. The molecule has 3 rings (SSSR count). The fourth-order valence-electron chi connectivity index (χ4n) is 2.61. The van der Waals surface area contributed by atoms with Crippen molar-refractivity contribution >= 4 is 36.6 Å². The molecule has 2 aromatic heterocycles. The van der Waals surface area contributed by atoms with Crippen LogP contribution in [0.15, 0.2) is 11.5 Å². The second-order valence-electron chi connectivity index (χ2n) is 5.44. The zero-order chi connectivity index (χ0) is 19.1. The molecule has 144 valence electrons. The summed E-state index contributed by atoms with van der Waals surface area (Å²) in [5.74, 6) is 0.797. The highest BCUT2D eigenvalue weighted by Crippen LogP contribution is 2.38. The number of aliphatic hydroxyl groups excluding tert-OH is 2. The lowest BCUT2D eigenvalue weighted by Crippen LogP contribution is -2.34. The number of nitrogens with two attached hydrogens (primary N) is 1. The number of aromatic nitrogens is 4. The van der Waals surface area contributed by atoms with E-state index in [0.717, 1.165) is 0 Å². The van der Waals surface area contributed by atoms with Gasteiger partial charge in [0.2, 0.25) is 0 Å². The van der Waals surface area contributed by atoms with Gasteiger partial charge < -0.3 is 35.0 Å². The number of thioether (sulfide) groups is 1. The van der Waals surface area contributed by atoms with Gasteiger partial charge in [-0.1, -0.05) is 18.7 Å². The Morgan fingerprint density at radius 1 is 1.46 bits per heavy atom. The van der Waals surface area contributed by atoms with E-state index in [1.165, 1.54) is 22.7 Å². The summed E-state index contributed by atoms with van der Waals surface area (Å²) in [5, 5.41) is 21.0. The average Bonchev–Trinajstić information content (AvgIpc) is 3.05. The summed E-state index contributed by atoms with van der Waals surface area (Å²) in [6.45, 7) is 1.24. The van der Waals surface area contributed by atoms with Gasteiger partial charge in [0.1, 0.15) is 24.6 Å². The molecule has 0 radical (unpaired) electrons. The third-order valence-corrected chi connectivity index (χ3v) is 5.05. The van der Waals surface area contributed by atoms with E-state index in [1.807, 2.05) is 6.92 Å². The molecule has 0 spiro atoms. The van der Waals surface area contributed by atoms with Crippen LogP contribution in [-0.4, -0.2) is 65.3 Å². The molecule has 26 heavy (non-hydrogen) atoms. The number of anilines is 1. The van der Waals surface area contributed by atoms with Gasteiger partial charge in [-0.05, 0) is 5.75 Å². The highest BCUT2D eigenvalue weighted by Gasteiger charge is 2.45. The quantitative estimate of drug-likeness (QED) is 0.325. The Labute approximate surface area is 151 Å². The van der Waals surface area contributed by atoms with Gasteiger partial charge >= 0.3 is 0 Å². The first-order chi connectivity index (χ1) is 12.2. The van der Waals surface area contributed by atoms with Gasteiger partial charge in [0.15, 0.2) is 28.4 Å². The average molecular weight is 406 g/mol. The zero-order valence-corrected chi connectivity index (χ0v) is 15.2. The summed E-state index contributed by atoms with van der Waals surface area (Å²) < 4.78 is 22.1. The number of rotatable bonds is 6. The number of imidazole rings is 1. The fraction of sp³-hybridized carbons (Fsp3) is 0.583. The second kappa shape index (κ2) is 7.37. The van der Waals surface area contributed by atoms with Crippen LogP contribution in [0.5, 0.6) is 0 Å². The van der Waals surface area contributed by atoms with E-state index in [0.29, 0.717) is 22.1 Å². The van der Waals surface area contributed by atoms with Crippen molar-refractivity contribution in [3.8, 4) is 0 Å². The molecule has 12 nitrogen and oxygen atoms in total. The highest BCUT2D eigenvalue weighted by atomic mass is 32.2. The third-order valence-electron chi connectivity index (χ3n) is 3.74. The van der Waals surface area contributed by atoms with Gasteiger partial charge in [0.05, 0.1) is 6.61 Å². The number of fused-ring (bicyclic) bond motifs is 1. The molecule has 2 aromatic rings. The Kier molecular flexibility index (Phi) is 5.51. The van der Waals surface area contributed by atoms with E-state index in [-0.39, 0.29) is 5.82 Å². The lowest BCUT2D eigenvalue weighted by molar-refractivity contribution is -0.222. The molecule has 0 saturated carbocycles. The largest absolute Gasteiger partial charge is 0.756 e. The Morgan fingerprint density at radius 2 is 2.19 bits per heavy atom. The monoisotopic (exact) mass is 406 g/mol. The molecular weight excluding hydrogens is 389 g/mol. The molecule has 0 aliphatic carbocycles. The van der Waals surface area contributed by atoms with Gasteiger partial charge in [0, 0.05) is 0 Å². The number of hydrogen-bond donors (Lipinski definition) is 4. The smallest absolute Gasteiger partial charge is 0.265 e. The van der Waals surface area contributed by atoms with E-state index in [1.54, 1.807) is 0 Å². The standard InChI is InChI=1S/C12H18N5O7PS/c1-2-26-12-16-6-9(13)14-4-15-10(6)17(12)11-8(19)7(18)5(24-11)3-23-25(20,21)22/h4-5,7-8,11,18-19H,2-3H2,1H3,(H2,13,14,15)(H2,20,21,22)/p-1/t5-,7-,8-,11?/m1/s1. The maximum Gasteiger partial charge on any atom is 0.265 e. The van der Waals surface area contributed by atoms with Crippen LogP contribution < -0.4 is 10.6 Å². The normalized spacial score (nSPS) is 28.5. The lowest BCUT2D eigenvalue weighted by atomic mass is 10.1. The topological polar surface area (TPSA) is 189 Å². The van der Waals surface area contributed by atoms with Gasteiger partial charge in [-0.25, -0.2) is 15.0 Å². The summed E-state index contributed by atoms with van der Waals surface area (Å²) in [6, 6.07) is 0. The van der Waals surface area contributed by atoms with E-state index in [9.17, 15) is 19.7 Å². The Hall–Kier alpha value is -1.31. The van der Waals surface area contributed by atoms with Gasteiger partial charge in [-0.15, -0.1) is 0 Å². The fourth-order valence-corrected chi connectivity index (χ4v) is 3.69. The van der Waals surface area contributed by atoms with Crippen LogP contribution in [0.1, 0.15) is 13.2 Å². The van der Waals surface area contributed by atoms with Crippen molar-refractivity contribution < 1.29 is 33.8 Å². The van der Waals surface area contributed by atoms with Gasteiger partial charge in [-0.2, -0.15) is 0 Å². The first kappa shape index (κ1) is 19.5. The number of aliphatic hydroxyl groups is 2. The minimum atomic E-state index is -4.99. The van der Waals surface area contributed by atoms with E-state index < -0.39 is 39.0 Å². The third kappa shape index (κ3) is 3.70. The summed E-state index contributed by atoms with van der Waals surface area (Å²) in [4.78, 5) is 31.8. The Bertz CT molecular complexity index is 845. The molecule has 2 unspecified atom stereocenters. The van der Waals surface area contributed by atoms with Crippen molar-refractivity contribution in [2.45, 2.75) is 36.6 Å². The summed E-state index contributed by atoms with van der Waals surface area (Å²) in [5.41, 5.74) is 6.42. The number of nitrogens with zero attached hydrogens (tertiary/aromatic N) is 4. The Balaban J connectivity index is 1.96. The van der Waals surface area contributed by atoms with Crippen LogP contribution in [0.3, 0.4) is 0 Å². The van der Waals surface area contributed by atoms with Gasteiger partial charge in [-0.3, -0.25) is 9.13 Å². The molecule has 0 aromatic carbocycles. The number of phosphoric ester groups is 1. The van der Waals surface area contributed by atoms with Crippen LogP contribution in [0, 0.1) is 0 Å². The number of phosphoric acid groups is 1. The molecule has 5 N–H and O–H groups in total. The first-order valence-corrected chi connectivity index (χ1v) is 10.0.